The van der Waals surface area contributed by atoms with Crippen LogP contribution in [0.5, 0.6) is 11.5 Å². The van der Waals surface area contributed by atoms with Gasteiger partial charge in [0.15, 0.2) is 0 Å². The molecule has 0 aliphatic carbocycles. The van der Waals surface area contributed by atoms with Crippen molar-refractivity contribution >= 4 is 38.9 Å². The van der Waals surface area contributed by atoms with Crippen molar-refractivity contribution in [1.29, 1.82) is 0 Å². The van der Waals surface area contributed by atoms with Crippen molar-refractivity contribution in [3.8, 4) is 11.5 Å². The Morgan fingerprint density at radius 3 is 2.26 bits per heavy atom. The van der Waals surface area contributed by atoms with E-state index in [0.29, 0.717) is 27.9 Å². The minimum Gasteiger partial charge on any atom is -0.497 e. The minimum absolute atomic E-state index is 0.0327. The third-order valence-corrected chi connectivity index (χ3v) is 6.44. The SMILES string of the molecule is COc1ccc(S(=O)(=O)N(CC(=O)Nc2cc(Cl)ccc2OC)c2ccccc2)cc1. The smallest absolute Gasteiger partial charge is 0.264 e. The number of benzene rings is 3. The van der Waals surface area contributed by atoms with Gasteiger partial charge in [-0.1, -0.05) is 29.8 Å². The second-order valence-electron chi connectivity index (χ2n) is 6.42. The van der Waals surface area contributed by atoms with E-state index in [2.05, 4.69) is 5.32 Å². The van der Waals surface area contributed by atoms with Crippen molar-refractivity contribution in [3.05, 3.63) is 77.8 Å². The number of amides is 1. The molecule has 0 fully saturated rings. The first-order valence-corrected chi connectivity index (χ1v) is 11.0. The van der Waals surface area contributed by atoms with Crippen molar-refractivity contribution in [3.63, 3.8) is 0 Å². The number of anilines is 2. The Labute approximate surface area is 186 Å². The molecular weight excluding hydrogens is 440 g/mol. The van der Waals surface area contributed by atoms with Crippen molar-refractivity contribution < 1.29 is 22.7 Å². The average Bonchev–Trinajstić information content (AvgIpc) is 2.78. The summed E-state index contributed by atoms with van der Waals surface area (Å²) in [6.45, 7) is -0.450. The first kappa shape index (κ1) is 22.5. The molecular formula is C22H21ClN2O5S. The highest BCUT2D eigenvalue weighted by atomic mass is 35.5. The van der Waals surface area contributed by atoms with Crippen LogP contribution in [0.4, 0.5) is 11.4 Å². The molecule has 1 N–H and O–H groups in total. The molecule has 3 aromatic carbocycles. The molecule has 3 rings (SSSR count). The number of hydrogen-bond donors (Lipinski definition) is 1. The Morgan fingerprint density at radius 1 is 0.968 bits per heavy atom. The lowest BCUT2D eigenvalue weighted by molar-refractivity contribution is -0.114. The lowest BCUT2D eigenvalue weighted by Crippen LogP contribution is -2.38. The van der Waals surface area contributed by atoms with E-state index in [9.17, 15) is 13.2 Å². The van der Waals surface area contributed by atoms with Crippen LogP contribution in [0.1, 0.15) is 0 Å². The van der Waals surface area contributed by atoms with E-state index in [-0.39, 0.29) is 4.90 Å². The summed E-state index contributed by atoms with van der Waals surface area (Å²) in [7, 11) is -1.07. The normalized spacial score (nSPS) is 10.9. The number of nitrogens with one attached hydrogen (secondary N) is 1. The predicted molar refractivity (Wildman–Crippen MR) is 121 cm³/mol. The molecule has 1 amide bonds. The van der Waals surface area contributed by atoms with Gasteiger partial charge >= 0.3 is 0 Å². The molecule has 7 nitrogen and oxygen atoms in total. The summed E-state index contributed by atoms with van der Waals surface area (Å²) in [6, 6.07) is 19.1. The summed E-state index contributed by atoms with van der Waals surface area (Å²) in [5.74, 6) is 0.375. The number of methoxy groups -OCH3 is 2. The lowest BCUT2D eigenvalue weighted by Gasteiger charge is -2.24. The summed E-state index contributed by atoms with van der Waals surface area (Å²) in [5, 5.41) is 3.07. The van der Waals surface area contributed by atoms with Crippen LogP contribution in [0.15, 0.2) is 77.7 Å². The lowest BCUT2D eigenvalue weighted by atomic mass is 10.3. The predicted octanol–water partition coefficient (Wildman–Crippen LogP) is 4.19. The van der Waals surface area contributed by atoms with Gasteiger partial charge in [0.25, 0.3) is 10.0 Å². The molecule has 162 valence electrons. The molecule has 0 saturated carbocycles. The second kappa shape index (κ2) is 9.72. The van der Waals surface area contributed by atoms with Crippen LogP contribution >= 0.6 is 11.6 Å². The third-order valence-electron chi connectivity index (χ3n) is 4.41. The Kier molecular flexibility index (Phi) is 7.04. The van der Waals surface area contributed by atoms with Crippen LogP contribution in [0.3, 0.4) is 0 Å². The topological polar surface area (TPSA) is 84.9 Å². The van der Waals surface area contributed by atoms with E-state index in [0.717, 1.165) is 4.31 Å². The minimum atomic E-state index is -4.03. The van der Waals surface area contributed by atoms with Crippen molar-refractivity contribution in [1.82, 2.24) is 0 Å². The standard InChI is InChI=1S/C22H21ClN2O5S/c1-29-18-9-11-19(12-10-18)31(27,28)25(17-6-4-3-5-7-17)15-22(26)24-20-14-16(23)8-13-21(20)30-2/h3-14H,15H2,1-2H3,(H,24,26). The number of carbonyl (C=O) groups excluding carboxylic acids is 1. The molecule has 0 aliphatic heterocycles. The van der Waals surface area contributed by atoms with Gasteiger partial charge in [-0.15, -0.1) is 0 Å². The molecule has 0 atom stereocenters. The number of rotatable bonds is 8. The van der Waals surface area contributed by atoms with Gasteiger partial charge < -0.3 is 14.8 Å². The zero-order valence-electron chi connectivity index (χ0n) is 16.9. The van der Waals surface area contributed by atoms with Gasteiger partial charge in [0.05, 0.1) is 30.5 Å². The maximum atomic E-state index is 13.4. The number of halogens is 1. The van der Waals surface area contributed by atoms with Gasteiger partial charge in [-0.05, 0) is 54.6 Å². The maximum absolute atomic E-state index is 13.4. The van der Waals surface area contributed by atoms with Gasteiger partial charge in [0, 0.05) is 5.02 Å². The first-order chi connectivity index (χ1) is 14.8. The molecule has 0 aliphatic rings. The summed E-state index contributed by atoms with van der Waals surface area (Å²) in [4.78, 5) is 12.9. The van der Waals surface area contributed by atoms with Crippen molar-refractivity contribution in [2.45, 2.75) is 4.90 Å². The zero-order valence-corrected chi connectivity index (χ0v) is 18.5. The van der Waals surface area contributed by atoms with E-state index in [1.54, 1.807) is 54.6 Å². The molecule has 3 aromatic rings. The van der Waals surface area contributed by atoms with Gasteiger partial charge in [-0.2, -0.15) is 0 Å². The van der Waals surface area contributed by atoms with E-state index in [1.807, 2.05) is 0 Å². The van der Waals surface area contributed by atoms with Crippen LogP contribution in [-0.4, -0.2) is 35.1 Å². The molecule has 0 saturated heterocycles. The molecule has 9 heteroatoms. The number of carbonyl (C=O) groups is 1. The number of para-hydroxylation sites is 1. The number of hydrogen-bond acceptors (Lipinski definition) is 5. The fourth-order valence-corrected chi connectivity index (χ4v) is 4.48. The van der Waals surface area contributed by atoms with Gasteiger partial charge in [0.2, 0.25) is 5.91 Å². The maximum Gasteiger partial charge on any atom is 0.264 e. The molecule has 0 radical (unpaired) electrons. The van der Waals surface area contributed by atoms with Gasteiger partial charge in [-0.3, -0.25) is 9.10 Å². The number of ether oxygens (including phenoxy) is 2. The van der Waals surface area contributed by atoms with Crippen LogP contribution in [0, 0.1) is 0 Å². The molecule has 31 heavy (non-hydrogen) atoms. The fourth-order valence-electron chi connectivity index (χ4n) is 2.88. The molecule has 0 unspecified atom stereocenters. The van der Waals surface area contributed by atoms with Gasteiger partial charge in [-0.25, -0.2) is 8.42 Å². The molecule has 0 spiro atoms. The van der Waals surface area contributed by atoms with Crippen molar-refractivity contribution in [2.24, 2.45) is 0 Å². The zero-order chi connectivity index (χ0) is 22.4. The van der Waals surface area contributed by atoms with E-state index in [4.69, 9.17) is 21.1 Å². The Morgan fingerprint density at radius 2 is 1.65 bits per heavy atom. The Hall–Kier alpha value is -3.23. The van der Waals surface area contributed by atoms with Crippen LogP contribution in [0.25, 0.3) is 0 Å². The highest BCUT2D eigenvalue weighted by Crippen LogP contribution is 2.29. The van der Waals surface area contributed by atoms with Crippen LogP contribution < -0.4 is 19.1 Å². The average molecular weight is 461 g/mol. The van der Waals surface area contributed by atoms with E-state index < -0.39 is 22.5 Å². The second-order valence-corrected chi connectivity index (χ2v) is 8.71. The van der Waals surface area contributed by atoms with E-state index >= 15 is 0 Å². The van der Waals surface area contributed by atoms with Crippen molar-refractivity contribution in [2.75, 3.05) is 30.4 Å². The quantitative estimate of drug-likeness (QED) is 0.544. The highest BCUT2D eigenvalue weighted by Gasteiger charge is 2.27. The number of nitrogens with zero attached hydrogens (tertiary/aromatic N) is 1. The Balaban J connectivity index is 1.93. The third kappa shape index (κ3) is 5.28. The summed E-state index contributed by atoms with van der Waals surface area (Å²) in [6.07, 6.45) is 0. The Bertz CT molecular complexity index is 1150. The summed E-state index contributed by atoms with van der Waals surface area (Å²) < 4.78 is 38.1. The van der Waals surface area contributed by atoms with Gasteiger partial charge in [0.1, 0.15) is 18.0 Å². The molecule has 0 bridgehead atoms. The first-order valence-electron chi connectivity index (χ1n) is 9.20. The molecule has 0 heterocycles. The summed E-state index contributed by atoms with van der Waals surface area (Å²) >= 11 is 6.01. The fraction of sp³-hybridized carbons (Fsp3) is 0.136. The van der Waals surface area contributed by atoms with Crippen LogP contribution in [0.2, 0.25) is 5.02 Å². The monoisotopic (exact) mass is 460 g/mol. The van der Waals surface area contributed by atoms with E-state index in [1.165, 1.54) is 32.4 Å². The van der Waals surface area contributed by atoms with Crippen LogP contribution in [-0.2, 0) is 14.8 Å². The summed E-state index contributed by atoms with van der Waals surface area (Å²) in [5.41, 5.74) is 0.696. The highest BCUT2D eigenvalue weighted by molar-refractivity contribution is 7.92. The largest absolute Gasteiger partial charge is 0.497 e. The number of sulfonamides is 1. The molecule has 0 aromatic heterocycles.